The van der Waals surface area contributed by atoms with Crippen LogP contribution in [0.4, 0.5) is 5.69 Å². The largest absolute Gasteiger partial charge is 0.507 e. The van der Waals surface area contributed by atoms with Crippen LogP contribution >= 0.6 is 0 Å². The van der Waals surface area contributed by atoms with E-state index in [0.29, 0.717) is 23.3 Å². The van der Waals surface area contributed by atoms with Crippen LogP contribution in [-0.2, 0) is 9.59 Å². The number of ether oxygens (including phenoxy) is 1. The van der Waals surface area contributed by atoms with E-state index in [1.54, 1.807) is 30.3 Å². The number of nitro groups is 1. The summed E-state index contributed by atoms with van der Waals surface area (Å²) in [6.45, 7) is 6.82. The highest BCUT2D eigenvalue weighted by Gasteiger charge is 2.46. The van der Waals surface area contributed by atoms with Crippen LogP contribution in [0.5, 0.6) is 5.75 Å². The maximum atomic E-state index is 13.1. The first-order valence-corrected chi connectivity index (χ1v) is 11.2. The number of hydrogen-bond donors (Lipinski definition) is 1. The number of carbonyl (C=O) groups excluding carboxylic acids is 2. The molecule has 0 aliphatic carbocycles. The van der Waals surface area contributed by atoms with Crippen LogP contribution in [0.3, 0.4) is 0 Å². The van der Waals surface area contributed by atoms with E-state index < -0.39 is 22.7 Å². The Labute approximate surface area is 198 Å². The van der Waals surface area contributed by atoms with Crippen molar-refractivity contribution in [2.24, 2.45) is 0 Å². The molecule has 3 rings (SSSR count). The molecule has 1 N–H and O–H groups in total. The van der Waals surface area contributed by atoms with Gasteiger partial charge in [-0.3, -0.25) is 19.7 Å². The zero-order chi connectivity index (χ0) is 24.8. The van der Waals surface area contributed by atoms with Gasteiger partial charge in [0.25, 0.3) is 17.4 Å². The molecule has 1 aliphatic heterocycles. The number of nitrogens with zero attached hydrogens (tertiary/aromatic N) is 3. The number of carbonyl (C=O) groups is 2. The molecule has 2 aromatic rings. The number of benzene rings is 2. The fourth-order valence-corrected chi connectivity index (χ4v) is 4.20. The maximum absolute atomic E-state index is 13.1. The Hall–Kier alpha value is -3.72. The van der Waals surface area contributed by atoms with E-state index in [2.05, 4.69) is 4.90 Å². The lowest BCUT2D eigenvalue weighted by Crippen LogP contribution is -2.33. The zero-order valence-electron chi connectivity index (χ0n) is 19.6. The molecule has 1 amide bonds. The van der Waals surface area contributed by atoms with Crippen LogP contribution in [0.15, 0.2) is 54.1 Å². The Morgan fingerprint density at radius 2 is 1.85 bits per heavy atom. The second-order valence-electron chi connectivity index (χ2n) is 7.96. The lowest BCUT2D eigenvalue weighted by molar-refractivity contribution is -0.384. The van der Waals surface area contributed by atoms with Gasteiger partial charge in [0, 0.05) is 24.2 Å². The first-order valence-electron chi connectivity index (χ1n) is 11.2. The molecule has 180 valence electrons. The van der Waals surface area contributed by atoms with Crippen molar-refractivity contribution in [2.45, 2.75) is 26.3 Å². The highest BCUT2D eigenvalue weighted by molar-refractivity contribution is 6.46. The molecule has 1 fully saturated rings. The fraction of sp³-hybridized carbons (Fsp3) is 0.360. The summed E-state index contributed by atoms with van der Waals surface area (Å²) in [5.41, 5.74) is 0.450. The third kappa shape index (κ3) is 5.09. The summed E-state index contributed by atoms with van der Waals surface area (Å²) in [4.78, 5) is 40.6. The standard InChI is InChI=1S/C25H29N3O6/c1-4-26(5-2)13-8-14-27-22(17-9-6-11-19(15-17)28(32)33)21(24(30)25(27)31)23(29)18-10-7-12-20(16-18)34-3/h6-7,9-12,15-16,22,29H,4-5,8,13-14H2,1-3H3/t22-/m1/s1. The highest BCUT2D eigenvalue weighted by atomic mass is 16.6. The topological polar surface area (TPSA) is 113 Å². The average molecular weight is 468 g/mol. The third-order valence-corrected chi connectivity index (χ3v) is 6.05. The molecule has 0 spiro atoms. The van der Waals surface area contributed by atoms with Crippen molar-refractivity contribution in [3.05, 3.63) is 75.3 Å². The molecule has 9 nitrogen and oxygen atoms in total. The Kier molecular flexibility index (Phi) is 8.01. The van der Waals surface area contributed by atoms with Gasteiger partial charge in [0.05, 0.1) is 23.6 Å². The molecule has 1 atom stereocenters. The molecule has 0 saturated carbocycles. The van der Waals surface area contributed by atoms with Gasteiger partial charge >= 0.3 is 0 Å². The Morgan fingerprint density at radius 3 is 2.50 bits per heavy atom. The first kappa shape index (κ1) is 24.9. The number of methoxy groups -OCH3 is 1. The summed E-state index contributed by atoms with van der Waals surface area (Å²) in [7, 11) is 1.48. The van der Waals surface area contributed by atoms with Crippen molar-refractivity contribution < 1.29 is 24.4 Å². The Morgan fingerprint density at radius 1 is 1.15 bits per heavy atom. The Bertz CT molecular complexity index is 1110. The molecule has 0 unspecified atom stereocenters. The van der Waals surface area contributed by atoms with Crippen LogP contribution in [0.25, 0.3) is 5.76 Å². The minimum Gasteiger partial charge on any atom is -0.507 e. The third-order valence-electron chi connectivity index (χ3n) is 6.05. The second-order valence-corrected chi connectivity index (χ2v) is 7.96. The summed E-state index contributed by atoms with van der Waals surface area (Å²) in [6.07, 6.45) is 0.610. The van der Waals surface area contributed by atoms with Gasteiger partial charge in [-0.1, -0.05) is 38.1 Å². The van der Waals surface area contributed by atoms with Crippen molar-refractivity contribution in [3.63, 3.8) is 0 Å². The summed E-state index contributed by atoms with van der Waals surface area (Å²) in [5.74, 6) is -1.43. The maximum Gasteiger partial charge on any atom is 0.295 e. The molecule has 1 saturated heterocycles. The Balaban J connectivity index is 2.09. The SMILES string of the molecule is CCN(CC)CCCN1C(=O)C(=O)C(=C(O)c2cccc(OC)c2)[C@H]1c1cccc([N+](=O)[O-])c1. The summed E-state index contributed by atoms with van der Waals surface area (Å²) in [6, 6.07) is 11.4. The number of aliphatic hydroxyl groups excluding tert-OH is 1. The molecule has 1 heterocycles. The van der Waals surface area contributed by atoms with Gasteiger partial charge in [-0.2, -0.15) is 0 Å². The summed E-state index contributed by atoms with van der Waals surface area (Å²) >= 11 is 0. The van der Waals surface area contributed by atoms with Crippen molar-refractivity contribution in [3.8, 4) is 5.75 Å². The van der Waals surface area contributed by atoms with Gasteiger partial charge in [-0.25, -0.2) is 0 Å². The summed E-state index contributed by atoms with van der Waals surface area (Å²) < 4.78 is 5.21. The number of amides is 1. The molecule has 34 heavy (non-hydrogen) atoms. The smallest absolute Gasteiger partial charge is 0.295 e. The molecule has 0 bridgehead atoms. The van der Waals surface area contributed by atoms with E-state index in [-0.39, 0.29) is 23.6 Å². The zero-order valence-corrected chi connectivity index (χ0v) is 19.6. The second kappa shape index (κ2) is 10.9. The van der Waals surface area contributed by atoms with E-state index >= 15 is 0 Å². The van der Waals surface area contributed by atoms with Crippen molar-refractivity contribution in [1.82, 2.24) is 9.80 Å². The number of nitro benzene ring substituents is 1. The first-order chi connectivity index (χ1) is 16.3. The van der Waals surface area contributed by atoms with Gasteiger partial charge in [-0.15, -0.1) is 0 Å². The normalized spacial score (nSPS) is 17.4. The summed E-state index contributed by atoms with van der Waals surface area (Å²) in [5, 5.41) is 22.5. The van der Waals surface area contributed by atoms with Gasteiger partial charge in [0.15, 0.2) is 0 Å². The molecule has 0 aromatic heterocycles. The van der Waals surface area contributed by atoms with Gasteiger partial charge in [-0.05, 0) is 43.8 Å². The minimum absolute atomic E-state index is 0.0957. The molecule has 9 heteroatoms. The lowest BCUT2D eigenvalue weighted by Gasteiger charge is -2.26. The highest BCUT2D eigenvalue weighted by Crippen LogP contribution is 2.40. The van der Waals surface area contributed by atoms with Crippen LogP contribution < -0.4 is 4.74 Å². The fourth-order valence-electron chi connectivity index (χ4n) is 4.20. The predicted molar refractivity (Wildman–Crippen MR) is 128 cm³/mol. The van der Waals surface area contributed by atoms with Gasteiger partial charge < -0.3 is 19.6 Å². The van der Waals surface area contributed by atoms with Gasteiger partial charge in [0.2, 0.25) is 0 Å². The van der Waals surface area contributed by atoms with Gasteiger partial charge in [0.1, 0.15) is 11.5 Å². The van der Waals surface area contributed by atoms with E-state index in [1.165, 1.54) is 30.2 Å². The molecule has 0 radical (unpaired) electrons. The van der Waals surface area contributed by atoms with Crippen LogP contribution in [0.2, 0.25) is 0 Å². The van der Waals surface area contributed by atoms with E-state index in [0.717, 1.165) is 19.6 Å². The molecular weight excluding hydrogens is 438 g/mol. The van der Waals surface area contributed by atoms with Crippen LogP contribution in [0.1, 0.15) is 37.4 Å². The number of likely N-dealkylation sites (tertiary alicyclic amines) is 1. The monoisotopic (exact) mass is 467 g/mol. The predicted octanol–water partition coefficient (Wildman–Crippen LogP) is 3.76. The molecular formula is C25H29N3O6. The van der Waals surface area contributed by atoms with Crippen molar-refractivity contribution >= 4 is 23.1 Å². The minimum atomic E-state index is -0.942. The van der Waals surface area contributed by atoms with E-state index in [9.17, 15) is 24.8 Å². The van der Waals surface area contributed by atoms with E-state index in [1.807, 2.05) is 13.8 Å². The number of Topliss-reactive ketones (excluding diaryl/α,β-unsaturated/α-hetero) is 1. The number of aliphatic hydroxyl groups is 1. The number of non-ortho nitro benzene ring substituents is 1. The number of rotatable bonds is 10. The number of hydrogen-bond acceptors (Lipinski definition) is 7. The van der Waals surface area contributed by atoms with Crippen LogP contribution in [0, 0.1) is 10.1 Å². The van der Waals surface area contributed by atoms with Crippen molar-refractivity contribution in [2.75, 3.05) is 33.3 Å². The number of ketones is 1. The van der Waals surface area contributed by atoms with Crippen LogP contribution in [-0.4, -0.2) is 64.8 Å². The van der Waals surface area contributed by atoms with Crippen molar-refractivity contribution in [1.29, 1.82) is 0 Å². The molecule has 2 aromatic carbocycles. The van der Waals surface area contributed by atoms with E-state index in [4.69, 9.17) is 4.74 Å². The lowest BCUT2D eigenvalue weighted by atomic mass is 9.95. The molecule has 1 aliphatic rings. The quantitative estimate of drug-likeness (QED) is 0.186. The average Bonchev–Trinajstić information content (AvgIpc) is 3.11.